The van der Waals surface area contributed by atoms with Gasteiger partial charge in [-0.1, -0.05) is 18.2 Å². The Morgan fingerprint density at radius 1 is 0.936 bits per heavy atom. The fourth-order valence-electron chi connectivity index (χ4n) is 4.61. The first-order valence-corrected chi connectivity index (χ1v) is 15.9. The molecular formula is C34H35FN6O5S. The minimum absolute atomic E-state index is 0.158. The third-order valence-electron chi connectivity index (χ3n) is 6.64. The SMILES string of the molecule is CC(C)(C)OC(=O)NCCOCCOc1cc(F)ccc1-c1nnc(-c2cccc(CCC(=O)Nc3ncccn3)c2)c2ccsc12. The molecule has 2 aromatic carbocycles. The second kappa shape index (κ2) is 15.5. The summed E-state index contributed by atoms with van der Waals surface area (Å²) in [6, 6.07) is 15.8. The number of nitrogens with one attached hydrogen (secondary N) is 2. The average molecular weight is 659 g/mol. The summed E-state index contributed by atoms with van der Waals surface area (Å²) in [6.45, 7) is 6.30. The lowest BCUT2D eigenvalue weighted by atomic mass is 10.0. The van der Waals surface area contributed by atoms with Crippen LogP contribution in [-0.2, 0) is 20.7 Å². The first-order chi connectivity index (χ1) is 22.7. The Labute approximate surface area is 275 Å². The number of rotatable bonds is 13. The highest BCUT2D eigenvalue weighted by molar-refractivity contribution is 7.17. The van der Waals surface area contributed by atoms with Crippen molar-refractivity contribution in [3.63, 3.8) is 0 Å². The molecule has 0 atom stereocenters. The number of anilines is 1. The van der Waals surface area contributed by atoms with Crippen LogP contribution in [0.3, 0.4) is 0 Å². The molecular weight excluding hydrogens is 623 g/mol. The van der Waals surface area contributed by atoms with Gasteiger partial charge in [-0.05, 0) is 68.5 Å². The minimum atomic E-state index is -0.577. The molecule has 0 spiro atoms. The number of amides is 2. The second-order valence-corrected chi connectivity index (χ2v) is 12.3. The summed E-state index contributed by atoms with van der Waals surface area (Å²) in [5.41, 5.74) is 3.14. The molecule has 13 heteroatoms. The lowest BCUT2D eigenvalue weighted by molar-refractivity contribution is -0.116. The lowest BCUT2D eigenvalue weighted by Crippen LogP contribution is -2.34. The Hall–Kier alpha value is -5.01. The maximum Gasteiger partial charge on any atom is 0.407 e. The highest BCUT2D eigenvalue weighted by Crippen LogP contribution is 2.39. The molecule has 47 heavy (non-hydrogen) atoms. The van der Waals surface area contributed by atoms with Crippen LogP contribution in [0.5, 0.6) is 5.75 Å². The van der Waals surface area contributed by atoms with Crippen molar-refractivity contribution in [3.05, 3.63) is 83.8 Å². The molecule has 0 saturated heterocycles. The number of nitrogens with zero attached hydrogens (tertiary/aromatic N) is 4. The number of aromatic nitrogens is 4. The molecule has 0 aliphatic rings. The summed E-state index contributed by atoms with van der Waals surface area (Å²) in [5, 5.41) is 17.4. The minimum Gasteiger partial charge on any atom is -0.490 e. The van der Waals surface area contributed by atoms with Crippen molar-refractivity contribution in [1.29, 1.82) is 0 Å². The van der Waals surface area contributed by atoms with Crippen LogP contribution in [0.2, 0.25) is 0 Å². The Kier molecular flexibility index (Phi) is 11.0. The van der Waals surface area contributed by atoms with E-state index in [0.29, 0.717) is 29.1 Å². The normalized spacial score (nSPS) is 11.3. The van der Waals surface area contributed by atoms with Gasteiger partial charge in [-0.15, -0.1) is 21.5 Å². The van der Waals surface area contributed by atoms with Gasteiger partial charge in [0.2, 0.25) is 11.9 Å². The summed E-state index contributed by atoms with van der Waals surface area (Å²) in [4.78, 5) is 32.2. The number of aryl methyl sites for hydroxylation is 1. The monoisotopic (exact) mass is 658 g/mol. The molecule has 0 bridgehead atoms. The van der Waals surface area contributed by atoms with Crippen molar-refractivity contribution < 1.29 is 28.2 Å². The molecule has 3 aromatic heterocycles. The van der Waals surface area contributed by atoms with Gasteiger partial charge in [-0.2, -0.15) is 0 Å². The Morgan fingerprint density at radius 3 is 2.55 bits per heavy atom. The summed E-state index contributed by atoms with van der Waals surface area (Å²) >= 11 is 1.51. The van der Waals surface area contributed by atoms with E-state index in [1.54, 1.807) is 45.3 Å². The number of halogens is 1. The predicted octanol–water partition coefficient (Wildman–Crippen LogP) is 6.45. The van der Waals surface area contributed by atoms with E-state index in [4.69, 9.17) is 14.2 Å². The number of hydrogen-bond acceptors (Lipinski definition) is 10. The molecule has 0 aliphatic heterocycles. The fourth-order valence-corrected chi connectivity index (χ4v) is 5.51. The van der Waals surface area contributed by atoms with Crippen molar-refractivity contribution in [2.45, 2.75) is 39.2 Å². The van der Waals surface area contributed by atoms with Crippen molar-refractivity contribution >= 4 is 39.4 Å². The van der Waals surface area contributed by atoms with E-state index >= 15 is 0 Å². The number of benzene rings is 2. The van der Waals surface area contributed by atoms with E-state index in [-0.39, 0.29) is 44.6 Å². The summed E-state index contributed by atoms with van der Waals surface area (Å²) in [6.07, 6.45) is 3.41. The van der Waals surface area contributed by atoms with Gasteiger partial charge in [0, 0.05) is 47.9 Å². The summed E-state index contributed by atoms with van der Waals surface area (Å²) < 4.78 is 31.9. The Balaban J connectivity index is 1.23. The number of carbonyl (C=O) groups excluding carboxylic acids is 2. The molecule has 3 heterocycles. The Morgan fingerprint density at radius 2 is 1.74 bits per heavy atom. The second-order valence-electron chi connectivity index (χ2n) is 11.4. The molecule has 0 radical (unpaired) electrons. The van der Waals surface area contributed by atoms with Crippen molar-refractivity contribution in [2.24, 2.45) is 0 Å². The number of thiophene rings is 1. The number of hydrogen-bond donors (Lipinski definition) is 2. The summed E-state index contributed by atoms with van der Waals surface area (Å²) in [5.74, 6) is -0.0299. The molecule has 244 valence electrons. The molecule has 0 unspecified atom stereocenters. The smallest absolute Gasteiger partial charge is 0.407 e. The van der Waals surface area contributed by atoms with E-state index < -0.39 is 17.5 Å². The van der Waals surface area contributed by atoms with Crippen LogP contribution < -0.4 is 15.4 Å². The highest BCUT2D eigenvalue weighted by atomic mass is 32.1. The van der Waals surface area contributed by atoms with Gasteiger partial charge in [-0.3, -0.25) is 10.1 Å². The Bertz CT molecular complexity index is 1830. The fraction of sp³-hybridized carbons (Fsp3) is 0.294. The van der Waals surface area contributed by atoms with E-state index in [0.717, 1.165) is 21.2 Å². The van der Waals surface area contributed by atoms with Gasteiger partial charge in [-0.25, -0.2) is 19.2 Å². The van der Waals surface area contributed by atoms with E-state index in [9.17, 15) is 14.0 Å². The van der Waals surface area contributed by atoms with E-state index in [2.05, 4.69) is 30.8 Å². The molecule has 5 rings (SSSR count). The van der Waals surface area contributed by atoms with Gasteiger partial charge < -0.3 is 19.5 Å². The van der Waals surface area contributed by atoms with Crippen LogP contribution in [0.25, 0.3) is 32.6 Å². The van der Waals surface area contributed by atoms with Crippen LogP contribution in [-0.4, -0.2) is 64.1 Å². The van der Waals surface area contributed by atoms with Crippen molar-refractivity contribution in [1.82, 2.24) is 25.5 Å². The number of fused-ring (bicyclic) bond motifs is 1. The van der Waals surface area contributed by atoms with Crippen molar-refractivity contribution in [3.8, 4) is 28.3 Å². The van der Waals surface area contributed by atoms with Gasteiger partial charge in [0.25, 0.3) is 0 Å². The summed E-state index contributed by atoms with van der Waals surface area (Å²) in [7, 11) is 0. The third-order valence-corrected chi connectivity index (χ3v) is 7.56. The quantitative estimate of drug-likeness (QED) is 0.137. The lowest BCUT2D eigenvalue weighted by Gasteiger charge is -2.19. The number of ether oxygens (including phenoxy) is 3. The zero-order chi connectivity index (χ0) is 33.2. The maximum atomic E-state index is 14.3. The zero-order valence-corrected chi connectivity index (χ0v) is 27.1. The zero-order valence-electron chi connectivity index (χ0n) is 26.3. The molecule has 2 amide bonds. The van der Waals surface area contributed by atoms with Crippen LogP contribution in [0, 0.1) is 5.82 Å². The molecule has 11 nitrogen and oxygen atoms in total. The predicted molar refractivity (Wildman–Crippen MR) is 178 cm³/mol. The first-order valence-electron chi connectivity index (χ1n) is 15.0. The largest absolute Gasteiger partial charge is 0.490 e. The number of carbonyl (C=O) groups is 2. The van der Waals surface area contributed by atoms with Crippen LogP contribution in [0.15, 0.2) is 72.4 Å². The van der Waals surface area contributed by atoms with Crippen LogP contribution in [0.1, 0.15) is 32.8 Å². The topological polar surface area (TPSA) is 137 Å². The van der Waals surface area contributed by atoms with Gasteiger partial charge >= 0.3 is 6.09 Å². The number of alkyl carbamates (subject to hydrolysis) is 1. The van der Waals surface area contributed by atoms with E-state index in [1.807, 2.05) is 35.7 Å². The standard InChI is InChI=1S/C34H35FN6O5S/c1-34(2,3)46-33(43)38-15-16-44-17-18-45-27-21-24(35)9-10-25(27)30-31-26(12-19-47-31)29(40-41-30)23-7-4-6-22(20-23)8-11-28(42)39-32-36-13-5-14-37-32/h4-7,9-10,12-14,19-21H,8,11,15-18H2,1-3H3,(H,38,43)(H,36,37,39,42). The van der Waals surface area contributed by atoms with Gasteiger partial charge in [0.1, 0.15) is 35.2 Å². The molecule has 0 aliphatic carbocycles. The molecule has 0 fully saturated rings. The average Bonchev–Trinajstić information content (AvgIpc) is 3.53. The highest BCUT2D eigenvalue weighted by Gasteiger charge is 2.19. The third kappa shape index (κ3) is 9.50. The molecule has 2 N–H and O–H groups in total. The first kappa shape index (κ1) is 33.4. The molecule has 0 saturated carbocycles. The van der Waals surface area contributed by atoms with Crippen LogP contribution >= 0.6 is 11.3 Å². The van der Waals surface area contributed by atoms with Gasteiger partial charge in [0.05, 0.1) is 17.9 Å². The van der Waals surface area contributed by atoms with Crippen LogP contribution in [0.4, 0.5) is 15.1 Å². The molecule has 5 aromatic rings. The van der Waals surface area contributed by atoms with Crippen molar-refractivity contribution in [2.75, 3.05) is 31.7 Å². The van der Waals surface area contributed by atoms with Gasteiger partial charge in [0.15, 0.2) is 0 Å². The van der Waals surface area contributed by atoms with E-state index in [1.165, 1.54) is 23.5 Å². The maximum absolute atomic E-state index is 14.3.